The van der Waals surface area contributed by atoms with Crippen molar-refractivity contribution in [3.8, 4) is 34.3 Å². The molecule has 40 heavy (non-hydrogen) atoms. The molecule has 4 rings (SSSR count). The summed E-state index contributed by atoms with van der Waals surface area (Å²) in [5.41, 5.74) is 3.97. The molecule has 0 fully saturated rings. The Balaban J connectivity index is 1.57. The minimum atomic E-state index is -0.544. The third kappa shape index (κ3) is 6.33. The minimum Gasteiger partial charge on any atom is -0.493 e. The summed E-state index contributed by atoms with van der Waals surface area (Å²) in [5.74, 6) is 1.37. The smallest absolute Gasteiger partial charge is 0.270 e. The lowest BCUT2D eigenvalue weighted by Crippen LogP contribution is -2.20. The second-order valence-corrected chi connectivity index (χ2v) is 9.29. The molecule has 0 saturated carbocycles. The molecule has 0 aliphatic carbocycles. The Labute approximate surface area is 238 Å². The zero-order valence-corrected chi connectivity index (χ0v) is 23.1. The average Bonchev–Trinajstić information content (AvgIpc) is 3.40. The first-order chi connectivity index (χ1) is 19.4. The van der Waals surface area contributed by atoms with Gasteiger partial charge in [0.05, 0.1) is 38.2 Å². The van der Waals surface area contributed by atoms with Gasteiger partial charge in [0.2, 0.25) is 5.75 Å². The number of nitro benzene ring substituents is 1. The molecule has 12 nitrogen and oxygen atoms in total. The van der Waals surface area contributed by atoms with Crippen LogP contribution >= 0.6 is 23.4 Å². The van der Waals surface area contributed by atoms with E-state index in [9.17, 15) is 14.9 Å². The van der Waals surface area contributed by atoms with Crippen molar-refractivity contribution in [1.82, 2.24) is 20.2 Å². The molecule has 4 aromatic rings. The number of methoxy groups -OCH3 is 3. The Kier molecular flexibility index (Phi) is 9.19. The number of carbonyl (C=O) groups is 1. The SMILES string of the molecule is COc1cc(-c2nnc(SCC(=O)N/N=C/c3cc([N+](=O)[O-])ccc3Cl)n2-c2ccccc2)cc(OC)c1OC. The van der Waals surface area contributed by atoms with E-state index in [0.717, 1.165) is 17.4 Å². The fraction of sp³-hybridized carbons (Fsp3) is 0.154. The maximum atomic E-state index is 12.5. The van der Waals surface area contributed by atoms with Crippen molar-refractivity contribution >= 4 is 41.2 Å². The van der Waals surface area contributed by atoms with Crippen molar-refractivity contribution in [2.24, 2.45) is 5.10 Å². The van der Waals surface area contributed by atoms with Crippen molar-refractivity contribution in [2.75, 3.05) is 27.1 Å². The highest BCUT2D eigenvalue weighted by molar-refractivity contribution is 7.99. The van der Waals surface area contributed by atoms with Crippen LogP contribution < -0.4 is 19.6 Å². The minimum absolute atomic E-state index is 0.0414. The molecule has 0 bridgehead atoms. The number of hydrazone groups is 1. The molecule has 0 aliphatic rings. The number of benzene rings is 3. The van der Waals surface area contributed by atoms with Crippen molar-refractivity contribution in [2.45, 2.75) is 5.16 Å². The molecular weight excluding hydrogens is 560 g/mol. The summed E-state index contributed by atoms with van der Waals surface area (Å²) in [5, 5.41) is 24.3. The number of ether oxygens (including phenoxy) is 3. The summed E-state index contributed by atoms with van der Waals surface area (Å²) < 4.78 is 18.2. The number of halogens is 1. The lowest BCUT2D eigenvalue weighted by atomic mass is 10.1. The molecule has 1 heterocycles. The second kappa shape index (κ2) is 13.0. The van der Waals surface area contributed by atoms with E-state index in [0.29, 0.717) is 39.4 Å². The van der Waals surface area contributed by atoms with Gasteiger partial charge >= 0.3 is 0 Å². The van der Waals surface area contributed by atoms with Crippen LogP contribution in [0.2, 0.25) is 5.02 Å². The number of nitro groups is 1. The van der Waals surface area contributed by atoms with Gasteiger partial charge in [-0.2, -0.15) is 5.10 Å². The second-order valence-electron chi connectivity index (χ2n) is 7.94. The molecule has 1 N–H and O–H groups in total. The van der Waals surface area contributed by atoms with E-state index in [4.69, 9.17) is 25.8 Å². The van der Waals surface area contributed by atoms with Gasteiger partial charge in [-0.25, -0.2) is 5.43 Å². The molecule has 0 atom stereocenters. The fourth-order valence-corrected chi connectivity index (χ4v) is 4.56. The van der Waals surface area contributed by atoms with E-state index in [1.807, 2.05) is 34.9 Å². The van der Waals surface area contributed by atoms with Gasteiger partial charge in [0, 0.05) is 34.0 Å². The Hall–Kier alpha value is -4.62. The average molecular weight is 583 g/mol. The zero-order chi connectivity index (χ0) is 28.6. The first-order valence-corrected chi connectivity index (χ1v) is 12.9. The van der Waals surface area contributed by atoms with Crippen LogP contribution in [0.1, 0.15) is 5.56 Å². The monoisotopic (exact) mass is 582 g/mol. The highest BCUT2D eigenvalue weighted by atomic mass is 35.5. The van der Waals surface area contributed by atoms with Crippen LogP contribution in [0.5, 0.6) is 17.2 Å². The molecule has 206 valence electrons. The van der Waals surface area contributed by atoms with Crippen LogP contribution in [0.15, 0.2) is 70.9 Å². The third-order valence-electron chi connectivity index (χ3n) is 5.49. The number of thioether (sulfide) groups is 1. The van der Waals surface area contributed by atoms with Gasteiger partial charge in [0.1, 0.15) is 0 Å². The Morgan fingerprint density at radius 1 is 1.07 bits per heavy atom. The standard InChI is InChI=1S/C26H23ClN6O6S/c1-37-21-12-16(13-22(38-2)24(21)39-3)25-30-31-26(32(25)18-7-5-4-6-8-18)40-15-23(34)29-28-14-17-11-19(33(35)36)9-10-20(17)27/h4-14H,15H2,1-3H3,(H,29,34)/b28-14+. The Bertz CT molecular complexity index is 1540. The maximum Gasteiger partial charge on any atom is 0.270 e. The number of nitrogens with one attached hydrogen (secondary N) is 1. The summed E-state index contributed by atoms with van der Waals surface area (Å²) in [7, 11) is 4.57. The fourth-order valence-electron chi connectivity index (χ4n) is 3.65. The molecule has 0 saturated heterocycles. The number of nitrogens with zero attached hydrogens (tertiary/aromatic N) is 5. The van der Waals surface area contributed by atoms with Gasteiger partial charge in [0.15, 0.2) is 22.5 Å². The lowest BCUT2D eigenvalue weighted by molar-refractivity contribution is -0.384. The van der Waals surface area contributed by atoms with Crippen LogP contribution in [0.3, 0.4) is 0 Å². The van der Waals surface area contributed by atoms with E-state index < -0.39 is 10.8 Å². The molecule has 1 aromatic heterocycles. The van der Waals surface area contributed by atoms with Crippen molar-refractivity contribution in [1.29, 1.82) is 0 Å². The van der Waals surface area contributed by atoms with Crippen LogP contribution in [-0.2, 0) is 4.79 Å². The number of rotatable bonds is 11. The van der Waals surface area contributed by atoms with E-state index in [2.05, 4.69) is 20.7 Å². The quantitative estimate of drug-likeness (QED) is 0.114. The molecule has 14 heteroatoms. The molecule has 0 aliphatic heterocycles. The van der Waals surface area contributed by atoms with Gasteiger partial charge in [-0.1, -0.05) is 41.6 Å². The lowest BCUT2D eigenvalue weighted by Gasteiger charge is -2.15. The van der Waals surface area contributed by atoms with E-state index in [1.54, 1.807) is 12.1 Å². The summed E-state index contributed by atoms with van der Waals surface area (Å²) in [4.78, 5) is 23.0. The largest absolute Gasteiger partial charge is 0.493 e. The van der Waals surface area contributed by atoms with Gasteiger partial charge in [-0.15, -0.1) is 10.2 Å². The molecule has 1 amide bonds. The normalized spacial score (nSPS) is 10.9. The number of carbonyl (C=O) groups excluding carboxylic acids is 1. The number of non-ortho nitro benzene ring substituents is 1. The number of hydrogen-bond acceptors (Lipinski definition) is 10. The highest BCUT2D eigenvalue weighted by Crippen LogP contribution is 2.41. The van der Waals surface area contributed by atoms with Gasteiger partial charge < -0.3 is 14.2 Å². The Morgan fingerprint density at radius 2 is 1.77 bits per heavy atom. The highest BCUT2D eigenvalue weighted by Gasteiger charge is 2.21. The van der Waals surface area contributed by atoms with E-state index >= 15 is 0 Å². The van der Waals surface area contributed by atoms with Crippen LogP contribution in [0, 0.1) is 10.1 Å². The maximum absolute atomic E-state index is 12.5. The zero-order valence-electron chi connectivity index (χ0n) is 21.5. The predicted octanol–water partition coefficient (Wildman–Crippen LogP) is 4.76. The third-order valence-corrected chi connectivity index (χ3v) is 6.76. The summed E-state index contributed by atoms with van der Waals surface area (Å²) >= 11 is 7.22. The van der Waals surface area contributed by atoms with Gasteiger partial charge in [-0.3, -0.25) is 19.5 Å². The van der Waals surface area contributed by atoms with Crippen molar-refractivity contribution in [3.63, 3.8) is 0 Å². The van der Waals surface area contributed by atoms with Crippen LogP contribution in [0.4, 0.5) is 5.69 Å². The van der Waals surface area contributed by atoms with Gasteiger partial charge in [-0.05, 0) is 30.3 Å². The van der Waals surface area contributed by atoms with E-state index in [1.165, 1.54) is 45.7 Å². The van der Waals surface area contributed by atoms with Crippen molar-refractivity contribution in [3.05, 3.63) is 81.4 Å². The summed E-state index contributed by atoms with van der Waals surface area (Å²) in [6, 6.07) is 16.9. The molecule has 3 aromatic carbocycles. The summed E-state index contributed by atoms with van der Waals surface area (Å²) in [6.45, 7) is 0. The summed E-state index contributed by atoms with van der Waals surface area (Å²) in [6.07, 6.45) is 1.24. The number of hydrogen-bond donors (Lipinski definition) is 1. The molecule has 0 radical (unpaired) electrons. The number of amides is 1. The van der Waals surface area contributed by atoms with Gasteiger partial charge in [0.25, 0.3) is 11.6 Å². The first kappa shape index (κ1) is 28.4. The molecular formula is C26H23ClN6O6S. The number of aromatic nitrogens is 3. The van der Waals surface area contributed by atoms with Crippen molar-refractivity contribution < 1.29 is 23.9 Å². The molecule has 0 unspecified atom stereocenters. The molecule has 0 spiro atoms. The van der Waals surface area contributed by atoms with E-state index in [-0.39, 0.29) is 16.5 Å². The van der Waals surface area contributed by atoms with Crippen LogP contribution in [-0.4, -0.2) is 58.9 Å². The number of para-hydroxylation sites is 1. The predicted molar refractivity (Wildman–Crippen MR) is 151 cm³/mol. The Morgan fingerprint density at radius 3 is 2.40 bits per heavy atom. The topological polar surface area (TPSA) is 143 Å². The van der Waals surface area contributed by atoms with Crippen LogP contribution in [0.25, 0.3) is 17.1 Å². The first-order valence-electron chi connectivity index (χ1n) is 11.6.